The summed E-state index contributed by atoms with van der Waals surface area (Å²) in [6.45, 7) is 4.19. The van der Waals surface area contributed by atoms with Gasteiger partial charge in [0.15, 0.2) is 0 Å². The highest BCUT2D eigenvalue weighted by Crippen LogP contribution is 2.32. The van der Waals surface area contributed by atoms with Gasteiger partial charge in [0.1, 0.15) is 5.75 Å². The minimum absolute atomic E-state index is 0.269. The topological polar surface area (TPSA) is 58.6 Å². The molecular weight excluding hydrogens is 352 g/mol. The van der Waals surface area contributed by atoms with Gasteiger partial charge in [0.2, 0.25) is 5.91 Å². The number of carbonyl (C=O) groups is 1. The first kappa shape index (κ1) is 18.9. The van der Waals surface area contributed by atoms with Gasteiger partial charge in [0, 0.05) is 43.5 Å². The van der Waals surface area contributed by atoms with Crippen LogP contribution in [0.25, 0.3) is 11.3 Å². The molecule has 0 saturated carbocycles. The lowest BCUT2D eigenvalue weighted by Crippen LogP contribution is -2.43. The van der Waals surface area contributed by atoms with Crippen molar-refractivity contribution in [1.82, 2.24) is 19.8 Å². The number of carbonyl (C=O) groups excluding carboxylic acids is 1. The molecule has 1 aromatic carbocycles. The molecule has 2 aromatic rings. The quantitative estimate of drug-likeness (QED) is 0.798. The van der Waals surface area contributed by atoms with Gasteiger partial charge in [-0.3, -0.25) is 19.7 Å². The number of benzene rings is 1. The molecule has 0 aliphatic carbocycles. The summed E-state index contributed by atoms with van der Waals surface area (Å²) in [6, 6.07) is 7.97. The molecule has 0 N–H and O–H groups in total. The van der Waals surface area contributed by atoms with E-state index >= 15 is 0 Å². The summed E-state index contributed by atoms with van der Waals surface area (Å²) in [5.74, 6) is 1.37. The first-order valence-corrected chi connectivity index (χ1v) is 10.2. The molecule has 2 fully saturated rings. The van der Waals surface area contributed by atoms with Crippen molar-refractivity contribution in [3.63, 3.8) is 0 Å². The Morgan fingerprint density at radius 2 is 1.96 bits per heavy atom. The Morgan fingerprint density at radius 1 is 1.14 bits per heavy atom. The number of amides is 1. The zero-order valence-electron chi connectivity index (χ0n) is 16.5. The summed E-state index contributed by atoms with van der Waals surface area (Å²) in [5, 5.41) is 0. The van der Waals surface area contributed by atoms with Gasteiger partial charge in [0.25, 0.3) is 0 Å². The minimum Gasteiger partial charge on any atom is -0.497 e. The van der Waals surface area contributed by atoms with Crippen LogP contribution < -0.4 is 4.74 Å². The first-order valence-electron chi connectivity index (χ1n) is 10.2. The van der Waals surface area contributed by atoms with Crippen LogP contribution in [-0.4, -0.2) is 65.5 Å². The van der Waals surface area contributed by atoms with Gasteiger partial charge in [-0.2, -0.15) is 0 Å². The van der Waals surface area contributed by atoms with E-state index in [4.69, 9.17) is 9.72 Å². The van der Waals surface area contributed by atoms with Gasteiger partial charge in [-0.05, 0) is 44.4 Å². The molecule has 0 radical (unpaired) electrons. The summed E-state index contributed by atoms with van der Waals surface area (Å²) in [4.78, 5) is 26.2. The van der Waals surface area contributed by atoms with E-state index in [0.717, 1.165) is 74.6 Å². The number of ether oxygens (including phenoxy) is 1. The fourth-order valence-corrected chi connectivity index (χ4v) is 4.32. The SMILES string of the molecule is COc1cccc(-c2nccnc2C2CCCN(CC(=O)N3CCCC3)C2)c1. The van der Waals surface area contributed by atoms with E-state index in [1.807, 2.05) is 29.2 Å². The second kappa shape index (κ2) is 8.69. The summed E-state index contributed by atoms with van der Waals surface area (Å²) in [7, 11) is 1.67. The lowest BCUT2D eigenvalue weighted by atomic mass is 9.91. The Morgan fingerprint density at radius 3 is 2.79 bits per heavy atom. The van der Waals surface area contributed by atoms with Crippen LogP contribution in [0.4, 0.5) is 0 Å². The van der Waals surface area contributed by atoms with Crippen LogP contribution in [0.5, 0.6) is 5.75 Å². The number of methoxy groups -OCH3 is 1. The van der Waals surface area contributed by atoms with Gasteiger partial charge >= 0.3 is 0 Å². The average molecular weight is 380 g/mol. The van der Waals surface area contributed by atoms with Crippen molar-refractivity contribution in [3.05, 3.63) is 42.4 Å². The standard InChI is InChI=1S/C22H28N4O2/c1-28-19-8-4-6-17(14-19)21-22(24-10-9-23-21)18-7-5-11-25(15-18)16-20(27)26-12-2-3-13-26/h4,6,8-10,14,18H,2-3,5,7,11-13,15-16H2,1H3. The lowest BCUT2D eigenvalue weighted by Gasteiger charge is -2.33. The highest BCUT2D eigenvalue weighted by molar-refractivity contribution is 5.78. The second-order valence-corrected chi connectivity index (χ2v) is 7.68. The highest BCUT2D eigenvalue weighted by Gasteiger charge is 2.28. The molecule has 0 spiro atoms. The van der Waals surface area contributed by atoms with E-state index in [1.165, 1.54) is 0 Å². The number of likely N-dealkylation sites (tertiary alicyclic amines) is 2. The van der Waals surface area contributed by atoms with Gasteiger partial charge in [-0.25, -0.2) is 0 Å². The molecule has 1 amide bonds. The van der Waals surface area contributed by atoms with Crippen molar-refractivity contribution in [1.29, 1.82) is 0 Å². The van der Waals surface area contributed by atoms with Crippen LogP contribution in [0.2, 0.25) is 0 Å². The maximum absolute atomic E-state index is 12.6. The maximum atomic E-state index is 12.6. The molecule has 0 bridgehead atoms. The van der Waals surface area contributed by atoms with Crippen molar-refractivity contribution in [2.45, 2.75) is 31.6 Å². The van der Waals surface area contributed by atoms with E-state index in [9.17, 15) is 4.79 Å². The summed E-state index contributed by atoms with van der Waals surface area (Å²) >= 11 is 0. The molecule has 3 heterocycles. The van der Waals surface area contributed by atoms with Gasteiger partial charge in [-0.15, -0.1) is 0 Å². The number of hydrogen-bond donors (Lipinski definition) is 0. The predicted molar refractivity (Wildman–Crippen MR) is 108 cm³/mol. The van der Waals surface area contributed by atoms with E-state index in [2.05, 4.69) is 9.88 Å². The fourth-order valence-electron chi connectivity index (χ4n) is 4.32. The van der Waals surface area contributed by atoms with E-state index in [0.29, 0.717) is 6.54 Å². The van der Waals surface area contributed by atoms with Crippen LogP contribution in [0.1, 0.15) is 37.3 Å². The monoisotopic (exact) mass is 380 g/mol. The van der Waals surface area contributed by atoms with E-state index in [-0.39, 0.29) is 11.8 Å². The molecule has 2 aliphatic heterocycles. The number of rotatable bonds is 5. The largest absolute Gasteiger partial charge is 0.497 e. The summed E-state index contributed by atoms with van der Waals surface area (Å²) < 4.78 is 5.37. The lowest BCUT2D eigenvalue weighted by molar-refractivity contribution is -0.131. The summed E-state index contributed by atoms with van der Waals surface area (Å²) in [6.07, 6.45) is 7.94. The Kier molecular flexibility index (Phi) is 5.86. The Hall–Kier alpha value is -2.47. The summed E-state index contributed by atoms with van der Waals surface area (Å²) in [5.41, 5.74) is 2.96. The average Bonchev–Trinajstić information content (AvgIpc) is 3.29. The normalized spacial score (nSPS) is 20.3. The zero-order valence-corrected chi connectivity index (χ0v) is 16.5. The third-order valence-corrected chi connectivity index (χ3v) is 5.78. The van der Waals surface area contributed by atoms with Gasteiger partial charge in [-0.1, -0.05) is 12.1 Å². The molecule has 28 heavy (non-hydrogen) atoms. The molecule has 6 heteroatoms. The Bertz CT molecular complexity index is 820. The minimum atomic E-state index is 0.269. The maximum Gasteiger partial charge on any atom is 0.236 e. The smallest absolute Gasteiger partial charge is 0.236 e. The number of aromatic nitrogens is 2. The van der Waals surface area contributed by atoms with Crippen molar-refractivity contribution < 1.29 is 9.53 Å². The molecular formula is C22H28N4O2. The third-order valence-electron chi connectivity index (χ3n) is 5.78. The molecule has 148 valence electrons. The number of piperidine rings is 1. The van der Waals surface area contributed by atoms with Crippen molar-refractivity contribution >= 4 is 5.91 Å². The van der Waals surface area contributed by atoms with Gasteiger partial charge in [0.05, 0.1) is 25.0 Å². The molecule has 2 aliphatic rings. The molecule has 2 saturated heterocycles. The predicted octanol–water partition coefficient (Wildman–Crippen LogP) is 2.95. The molecule has 6 nitrogen and oxygen atoms in total. The van der Waals surface area contributed by atoms with Crippen LogP contribution in [-0.2, 0) is 4.79 Å². The van der Waals surface area contributed by atoms with Gasteiger partial charge < -0.3 is 9.64 Å². The number of nitrogens with zero attached hydrogens (tertiary/aromatic N) is 4. The van der Waals surface area contributed by atoms with E-state index in [1.54, 1.807) is 19.5 Å². The molecule has 4 rings (SSSR count). The Balaban J connectivity index is 1.51. The number of hydrogen-bond acceptors (Lipinski definition) is 5. The van der Waals surface area contributed by atoms with Crippen LogP contribution in [0.3, 0.4) is 0 Å². The van der Waals surface area contributed by atoms with Crippen LogP contribution >= 0.6 is 0 Å². The Labute approximate surface area is 166 Å². The van der Waals surface area contributed by atoms with Crippen molar-refractivity contribution in [2.75, 3.05) is 39.8 Å². The third kappa shape index (κ3) is 4.17. The second-order valence-electron chi connectivity index (χ2n) is 7.68. The fraction of sp³-hybridized carbons (Fsp3) is 0.500. The highest BCUT2D eigenvalue weighted by atomic mass is 16.5. The zero-order chi connectivity index (χ0) is 19.3. The molecule has 1 atom stereocenters. The molecule has 1 aromatic heterocycles. The van der Waals surface area contributed by atoms with Crippen LogP contribution in [0.15, 0.2) is 36.7 Å². The van der Waals surface area contributed by atoms with Crippen molar-refractivity contribution in [3.8, 4) is 17.0 Å². The van der Waals surface area contributed by atoms with Crippen LogP contribution in [0, 0.1) is 0 Å². The van der Waals surface area contributed by atoms with E-state index < -0.39 is 0 Å². The molecule has 1 unspecified atom stereocenters. The van der Waals surface area contributed by atoms with Crippen molar-refractivity contribution in [2.24, 2.45) is 0 Å². The first-order chi connectivity index (χ1) is 13.7.